The van der Waals surface area contributed by atoms with Crippen LogP contribution in [0.15, 0.2) is 0 Å². The molecule has 0 spiro atoms. The zero-order valence-corrected chi connectivity index (χ0v) is 39.7. The Labute approximate surface area is 364 Å². The predicted octanol–water partition coefficient (Wildman–Crippen LogP) is 13.7. The third-order valence-corrected chi connectivity index (χ3v) is 11.4. The van der Waals surface area contributed by atoms with Crippen LogP contribution in [0, 0.1) is 0 Å². The number of carboxylic acid groups (broad SMARTS) is 1. The summed E-state index contributed by atoms with van der Waals surface area (Å²) in [4.78, 5) is 37.2. The lowest BCUT2D eigenvalue weighted by Gasteiger charge is -2.25. The number of hydrogen-bond donors (Lipinski definition) is 1. The van der Waals surface area contributed by atoms with E-state index in [4.69, 9.17) is 18.9 Å². The Bertz CT molecular complexity index is 938. The van der Waals surface area contributed by atoms with Crippen molar-refractivity contribution >= 4 is 17.9 Å². The van der Waals surface area contributed by atoms with Gasteiger partial charge in [0.2, 0.25) is 0 Å². The maximum Gasteiger partial charge on any atom is 0.361 e. The fraction of sp³-hybridized carbons (Fsp3) is 0.940. The third-order valence-electron chi connectivity index (χ3n) is 11.4. The normalized spacial score (nSPS) is 12.8. The molecule has 0 aromatic carbocycles. The molecular weight excluding hydrogens is 743 g/mol. The number of carbonyl (C=O) groups excluding carboxylic acids is 2. The molecule has 0 aliphatic rings. The van der Waals surface area contributed by atoms with E-state index in [1.54, 1.807) is 0 Å². The predicted molar refractivity (Wildman–Crippen MR) is 245 cm³/mol. The Morgan fingerprint density at radius 1 is 0.441 bits per heavy atom. The van der Waals surface area contributed by atoms with Gasteiger partial charge in [-0.2, -0.15) is 0 Å². The monoisotopic (exact) mass is 841 g/mol. The maximum atomic E-state index is 12.8. The van der Waals surface area contributed by atoms with Crippen molar-refractivity contribution in [1.82, 2.24) is 0 Å². The zero-order valence-electron chi connectivity index (χ0n) is 39.7. The standard InChI is InChI=1S/C50H97NO8/c1-6-8-10-12-14-16-18-20-21-22-23-24-25-26-27-28-29-31-33-35-37-39-41-48(53)59-46(45-58-50(49(54)55)56-43-42-51(3,4)5)44-57-47(52)40-38-36-34-32-30-19-17-15-13-11-9-7-2/h46,50H,6-45H2,1-5H3/p+1. The van der Waals surface area contributed by atoms with Crippen molar-refractivity contribution in [3.8, 4) is 0 Å². The fourth-order valence-corrected chi connectivity index (χ4v) is 7.43. The number of nitrogens with zero attached hydrogens (tertiary/aromatic N) is 1. The van der Waals surface area contributed by atoms with E-state index < -0.39 is 18.4 Å². The zero-order chi connectivity index (χ0) is 43.5. The van der Waals surface area contributed by atoms with Crippen LogP contribution in [0.1, 0.15) is 245 Å². The summed E-state index contributed by atoms with van der Waals surface area (Å²) < 4.78 is 22.8. The summed E-state index contributed by atoms with van der Waals surface area (Å²) in [5, 5.41) is 9.65. The first-order chi connectivity index (χ1) is 28.6. The molecule has 9 nitrogen and oxygen atoms in total. The van der Waals surface area contributed by atoms with Gasteiger partial charge < -0.3 is 28.5 Å². The van der Waals surface area contributed by atoms with E-state index in [0.717, 1.165) is 38.5 Å². The number of likely N-dealkylation sites (N-methyl/N-ethyl adjacent to an activating group) is 1. The maximum absolute atomic E-state index is 12.8. The van der Waals surface area contributed by atoms with E-state index >= 15 is 0 Å². The molecule has 0 rings (SSSR count). The van der Waals surface area contributed by atoms with Gasteiger partial charge in [-0.15, -0.1) is 0 Å². The molecule has 2 atom stereocenters. The lowest BCUT2D eigenvalue weighted by Crippen LogP contribution is -2.40. The molecule has 350 valence electrons. The molecule has 0 radical (unpaired) electrons. The minimum atomic E-state index is -1.50. The molecule has 0 fully saturated rings. The molecule has 59 heavy (non-hydrogen) atoms. The highest BCUT2D eigenvalue weighted by Crippen LogP contribution is 2.17. The number of hydrogen-bond acceptors (Lipinski definition) is 7. The fourth-order valence-electron chi connectivity index (χ4n) is 7.43. The van der Waals surface area contributed by atoms with Gasteiger partial charge in [-0.05, 0) is 12.8 Å². The van der Waals surface area contributed by atoms with Crippen LogP contribution < -0.4 is 0 Å². The highest BCUT2D eigenvalue weighted by molar-refractivity contribution is 5.71. The Balaban J connectivity index is 4.24. The van der Waals surface area contributed by atoms with Gasteiger partial charge >= 0.3 is 17.9 Å². The molecule has 9 heteroatoms. The summed E-state index contributed by atoms with van der Waals surface area (Å²) in [5.74, 6) is -1.98. The first-order valence-electron chi connectivity index (χ1n) is 25.2. The van der Waals surface area contributed by atoms with Gasteiger partial charge in [-0.3, -0.25) is 9.59 Å². The first kappa shape index (κ1) is 57.3. The van der Waals surface area contributed by atoms with Gasteiger partial charge in [-0.1, -0.05) is 219 Å². The van der Waals surface area contributed by atoms with E-state index in [-0.39, 0.29) is 38.2 Å². The van der Waals surface area contributed by atoms with Crippen molar-refractivity contribution in [2.24, 2.45) is 0 Å². The van der Waals surface area contributed by atoms with Crippen molar-refractivity contribution < 1.29 is 42.9 Å². The van der Waals surface area contributed by atoms with Gasteiger partial charge in [0.05, 0.1) is 34.4 Å². The summed E-state index contributed by atoms with van der Waals surface area (Å²) in [7, 11) is 5.97. The van der Waals surface area contributed by atoms with Gasteiger partial charge in [0.15, 0.2) is 6.10 Å². The van der Waals surface area contributed by atoms with E-state index in [9.17, 15) is 19.5 Å². The van der Waals surface area contributed by atoms with Gasteiger partial charge in [0.25, 0.3) is 6.29 Å². The second-order valence-electron chi connectivity index (χ2n) is 18.5. The lowest BCUT2D eigenvalue weighted by atomic mass is 10.0. The number of carboxylic acids is 1. The van der Waals surface area contributed by atoms with Crippen LogP contribution in [0.5, 0.6) is 0 Å². The molecule has 0 heterocycles. The SMILES string of the molecule is CCCCCCCCCCCCCCCCCCCCCCCCC(=O)OC(COC(=O)CCCCCCCCCCCCCC)COC(OCC[N+](C)(C)C)C(=O)O. The van der Waals surface area contributed by atoms with Crippen molar-refractivity contribution in [3.05, 3.63) is 0 Å². The van der Waals surface area contributed by atoms with Gasteiger partial charge in [0, 0.05) is 12.8 Å². The Hall–Kier alpha value is -1.71. The summed E-state index contributed by atoms with van der Waals surface area (Å²) >= 11 is 0. The number of aliphatic carboxylic acids is 1. The summed E-state index contributed by atoms with van der Waals surface area (Å²) in [6, 6.07) is 0. The molecule has 0 bridgehead atoms. The average molecular weight is 841 g/mol. The second kappa shape index (κ2) is 43.0. The lowest BCUT2D eigenvalue weighted by molar-refractivity contribution is -0.870. The van der Waals surface area contributed by atoms with Crippen molar-refractivity contribution in [2.75, 3.05) is 47.5 Å². The smallest absolute Gasteiger partial charge is 0.361 e. The molecule has 0 aliphatic heterocycles. The van der Waals surface area contributed by atoms with E-state index in [2.05, 4.69) is 13.8 Å². The van der Waals surface area contributed by atoms with Gasteiger partial charge in [-0.25, -0.2) is 4.79 Å². The van der Waals surface area contributed by atoms with Gasteiger partial charge in [0.1, 0.15) is 13.2 Å². The van der Waals surface area contributed by atoms with Crippen LogP contribution in [-0.2, 0) is 33.3 Å². The molecule has 0 aliphatic carbocycles. The van der Waals surface area contributed by atoms with Crippen molar-refractivity contribution in [2.45, 2.75) is 257 Å². The average Bonchev–Trinajstić information content (AvgIpc) is 3.19. The molecule has 1 N–H and O–H groups in total. The van der Waals surface area contributed by atoms with E-state index in [0.29, 0.717) is 17.4 Å². The molecule has 0 saturated carbocycles. The first-order valence-corrected chi connectivity index (χ1v) is 25.2. The number of quaternary nitrogens is 1. The largest absolute Gasteiger partial charge is 0.477 e. The molecular formula is C50H98NO8+. The van der Waals surface area contributed by atoms with Crippen molar-refractivity contribution in [1.29, 1.82) is 0 Å². The number of unbranched alkanes of at least 4 members (excludes halogenated alkanes) is 32. The van der Waals surface area contributed by atoms with E-state index in [1.165, 1.54) is 180 Å². The van der Waals surface area contributed by atoms with Crippen LogP contribution in [0.4, 0.5) is 0 Å². The number of esters is 2. The minimum absolute atomic E-state index is 0.173. The van der Waals surface area contributed by atoms with Crippen molar-refractivity contribution in [3.63, 3.8) is 0 Å². The number of rotatable bonds is 47. The van der Waals surface area contributed by atoms with Crippen LogP contribution in [0.2, 0.25) is 0 Å². The van der Waals surface area contributed by atoms with E-state index in [1.807, 2.05) is 21.1 Å². The van der Waals surface area contributed by atoms with Crippen LogP contribution in [0.25, 0.3) is 0 Å². The Kier molecular flexibility index (Phi) is 41.7. The van der Waals surface area contributed by atoms with Crippen LogP contribution in [-0.4, -0.2) is 87.4 Å². The minimum Gasteiger partial charge on any atom is -0.477 e. The summed E-state index contributed by atoms with van der Waals surface area (Å²) in [6.07, 6.45) is 41.7. The Morgan fingerprint density at radius 3 is 1.08 bits per heavy atom. The van der Waals surface area contributed by atoms with Crippen LogP contribution >= 0.6 is 0 Å². The topological polar surface area (TPSA) is 108 Å². The second-order valence-corrected chi connectivity index (χ2v) is 18.5. The number of ether oxygens (including phenoxy) is 4. The molecule has 2 unspecified atom stereocenters. The molecule has 0 aromatic heterocycles. The third kappa shape index (κ3) is 44.2. The molecule has 0 saturated heterocycles. The molecule has 0 aromatic rings. The summed E-state index contributed by atoms with van der Waals surface area (Å²) in [6.45, 7) is 4.91. The summed E-state index contributed by atoms with van der Waals surface area (Å²) in [5.41, 5.74) is 0. The van der Waals surface area contributed by atoms with Crippen LogP contribution in [0.3, 0.4) is 0 Å². The molecule has 0 amide bonds. The Morgan fingerprint density at radius 2 is 0.763 bits per heavy atom. The quantitative estimate of drug-likeness (QED) is 0.0279. The number of carbonyl (C=O) groups is 3. The highest BCUT2D eigenvalue weighted by Gasteiger charge is 2.25. The highest BCUT2D eigenvalue weighted by atomic mass is 16.7.